The van der Waals surface area contributed by atoms with E-state index >= 15 is 0 Å². The normalized spacial score (nSPS) is 15.1. The summed E-state index contributed by atoms with van der Waals surface area (Å²) < 4.78 is 69.4. The van der Waals surface area contributed by atoms with Gasteiger partial charge in [-0.05, 0) is 48.7 Å². The Labute approximate surface area is 178 Å². The van der Waals surface area contributed by atoms with E-state index < -0.39 is 28.7 Å². The summed E-state index contributed by atoms with van der Waals surface area (Å²) in [5.74, 6) is -0.463. The third kappa shape index (κ3) is 6.96. The number of rotatable bonds is 8. The first-order valence-corrected chi connectivity index (χ1v) is 11.3. The van der Waals surface area contributed by atoms with Crippen LogP contribution in [0.15, 0.2) is 53.4 Å². The van der Waals surface area contributed by atoms with Gasteiger partial charge in [-0.15, -0.1) is 0 Å². The smallest absolute Gasteiger partial charge is 0.422 e. The van der Waals surface area contributed by atoms with Gasteiger partial charge in [-0.1, -0.05) is 31.0 Å². The molecule has 0 aromatic heterocycles. The molecule has 6 nitrogen and oxygen atoms in total. The van der Waals surface area contributed by atoms with E-state index in [0.29, 0.717) is 5.56 Å². The summed E-state index contributed by atoms with van der Waals surface area (Å²) in [4.78, 5) is 12.5. The van der Waals surface area contributed by atoms with Gasteiger partial charge in [0.2, 0.25) is 10.0 Å². The average Bonchev–Trinajstić information content (AvgIpc) is 3.23. The average molecular weight is 456 g/mol. The second-order valence-electron chi connectivity index (χ2n) is 7.36. The molecule has 0 saturated heterocycles. The molecule has 2 aromatic rings. The lowest BCUT2D eigenvalue weighted by atomic mass is 10.2. The predicted molar refractivity (Wildman–Crippen MR) is 108 cm³/mol. The van der Waals surface area contributed by atoms with Gasteiger partial charge in [0.05, 0.1) is 4.90 Å². The molecule has 168 valence electrons. The fraction of sp³-hybridized carbons (Fsp3) is 0.381. The van der Waals surface area contributed by atoms with E-state index in [1.807, 2.05) is 0 Å². The SMILES string of the molecule is O=C(NCc1cccc(OCC(F)(F)F)c1)c1cccc(S(=O)(=O)NC2CCCC2)c1. The van der Waals surface area contributed by atoms with Gasteiger partial charge in [-0.2, -0.15) is 13.2 Å². The molecule has 1 amide bonds. The van der Waals surface area contributed by atoms with Crippen LogP contribution in [-0.2, 0) is 16.6 Å². The Morgan fingerprint density at radius 1 is 1.06 bits per heavy atom. The van der Waals surface area contributed by atoms with Crippen LogP contribution in [0.1, 0.15) is 41.6 Å². The van der Waals surface area contributed by atoms with Gasteiger partial charge >= 0.3 is 6.18 Å². The van der Waals surface area contributed by atoms with E-state index in [9.17, 15) is 26.4 Å². The number of alkyl halides is 3. The molecule has 0 bridgehead atoms. The van der Waals surface area contributed by atoms with Gasteiger partial charge in [-0.3, -0.25) is 4.79 Å². The lowest BCUT2D eigenvalue weighted by Gasteiger charge is -2.13. The summed E-state index contributed by atoms with van der Waals surface area (Å²) in [5.41, 5.74) is 0.707. The highest BCUT2D eigenvalue weighted by molar-refractivity contribution is 7.89. The Kier molecular flexibility index (Phi) is 7.22. The minimum absolute atomic E-state index is 0.00889. The summed E-state index contributed by atoms with van der Waals surface area (Å²) in [6.07, 6.45) is -0.880. The van der Waals surface area contributed by atoms with Crippen molar-refractivity contribution in [3.8, 4) is 5.75 Å². The monoisotopic (exact) mass is 456 g/mol. The minimum Gasteiger partial charge on any atom is -0.484 e. The zero-order valence-corrected chi connectivity index (χ0v) is 17.4. The van der Waals surface area contributed by atoms with E-state index in [4.69, 9.17) is 4.74 Å². The molecule has 3 rings (SSSR count). The number of benzene rings is 2. The molecule has 1 aliphatic rings. The number of carbonyl (C=O) groups excluding carboxylic acids is 1. The van der Waals surface area contributed by atoms with Crippen molar-refractivity contribution in [2.45, 2.75) is 49.3 Å². The fourth-order valence-electron chi connectivity index (χ4n) is 3.33. The second kappa shape index (κ2) is 9.69. The van der Waals surface area contributed by atoms with E-state index in [1.54, 1.807) is 6.07 Å². The zero-order chi connectivity index (χ0) is 22.5. The van der Waals surface area contributed by atoms with E-state index in [-0.39, 0.29) is 28.8 Å². The third-order valence-electron chi connectivity index (χ3n) is 4.84. The number of nitrogens with one attached hydrogen (secondary N) is 2. The Morgan fingerprint density at radius 3 is 2.48 bits per heavy atom. The maximum atomic E-state index is 12.6. The quantitative estimate of drug-likeness (QED) is 0.633. The molecule has 0 unspecified atom stereocenters. The van der Waals surface area contributed by atoms with Crippen LogP contribution < -0.4 is 14.8 Å². The topological polar surface area (TPSA) is 84.5 Å². The Balaban J connectivity index is 1.62. The molecule has 10 heteroatoms. The molecule has 0 aliphatic heterocycles. The number of ether oxygens (including phenoxy) is 1. The van der Waals surface area contributed by atoms with Crippen molar-refractivity contribution < 1.29 is 31.1 Å². The largest absolute Gasteiger partial charge is 0.484 e. The molecule has 0 radical (unpaired) electrons. The van der Waals surface area contributed by atoms with E-state index in [2.05, 4.69) is 10.0 Å². The summed E-state index contributed by atoms with van der Waals surface area (Å²) >= 11 is 0. The van der Waals surface area contributed by atoms with Crippen LogP contribution in [0.25, 0.3) is 0 Å². The Morgan fingerprint density at radius 2 is 1.77 bits per heavy atom. The molecule has 0 atom stereocenters. The number of hydrogen-bond donors (Lipinski definition) is 2. The first kappa shape index (κ1) is 23.1. The Hall–Kier alpha value is -2.59. The maximum absolute atomic E-state index is 12.6. The number of hydrogen-bond acceptors (Lipinski definition) is 4. The molecule has 2 N–H and O–H groups in total. The van der Waals surface area contributed by atoms with Crippen molar-refractivity contribution in [2.24, 2.45) is 0 Å². The van der Waals surface area contributed by atoms with Gasteiger partial charge < -0.3 is 10.1 Å². The van der Waals surface area contributed by atoms with Crippen molar-refractivity contribution in [3.63, 3.8) is 0 Å². The number of sulfonamides is 1. The van der Waals surface area contributed by atoms with Gasteiger partial charge in [0.1, 0.15) is 5.75 Å². The molecule has 1 aliphatic carbocycles. The van der Waals surface area contributed by atoms with Gasteiger partial charge in [0.25, 0.3) is 5.91 Å². The van der Waals surface area contributed by atoms with Crippen LogP contribution in [0.2, 0.25) is 0 Å². The molecule has 2 aromatic carbocycles. The Bertz CT molecular complexity index is 1020. The first-order valence-electron chi connectivity index (χ1n) is 9.81. The van der Waals surface area contributed by atoms with Crippen LogP contribution in [0.5, 0.6) is 5.75 Å². The predicted octanol–water partition coefficient (Wildman–Crippen LogP) is 3.78. The number of carbonyl (C=O) groups is 1. The fourth-order valence-corrected chi connectivity index (χ4v) is 4.68. The molecule has 31 heavy (non-hydrogen) atoms. The molecule has 0 spiro atoms. The summed E-state index contributed by atoms with van der Waals surface area (Å²) in [6.45, 7) is -1.36. The van der Waals surface area contributed by atoms with Gasteiger partial charge in [-0.25, -0.2) is 13.1 Å². The molecule has 0 heterocycles. The third-order valence-corrected chi connectivity index (χ3v) is 6.36. The molecular formula is C21H23F3N2O4S. The molecule has 1 fully saturated rings. The van der Waals surface area contributed by atoms with Crippen LogP contribution in [0.4, 0.5) is 13.2 Å². The lowest BCUT2D eigenvalue weighted by Crippen LogP contribution is -2.32. The molecule has 1 saturated carbocycles. The lowest BCUT2D eigenvalue weighted by molar-refractivity contribution is -0.153. The highest BCUT2D eigenvalue weighted by Gasteiger charge is 2.28. The summed E-state index contributed by atoms with van der Waals surface area (Å²) in [6, 6.07) is 11.6. The van der Waals surface area contributed by atoms with Crippen molar-refractivity contribution in [2.75, 3.05) is 6.61 Å². The van der Waals surface area contributed by atoms with E-state index in [0.717, 1.165) is 25.7 Å². The van der Waals surface area contributed by atoms with Crippen LogP contribution in [0.3, 0.4) is 0 Å². The standard InChI is InChI=1S/C21H23F3N2O4S/c22-21(23,24)14-30-18-9-3-5-15(11-18)13-25-20(27)16-6-4-10-19(12-16)31(28,29)26-17-7-1-2-8-17/h3-6,9-12,17,26H,1-2,7-8,13-14H2,(H,25,27). The first-order chi connectivity index (χ1) is 14.6. The second-order valence-corrected chi connectivity index (χ2v) is 9.08. The van der Waals surface area contributed by atoms with Gasteiger partial charge in [0.15, 0.2) is 6.61 Å². The van der Waals surface area contributed by atoms with Crippen molar-refractivity contribution >= 4 is 15.9 Å². The minimum atomic E-state index is -4.44. The van der Waals surface area contributed by atoms with Gasteiger partial charge in [0, 0.05) is 18.2 Å². The maximum Gasteiger partial charge on any atom is 0.422 e. The van der Waals surface area contributed by atoms with E-state index in [1.165, 1.54) is 42.5 Å². The van der Waals surface area contributed by atoms with Crippen molar-refractivity contribution in [1.82, 2.24) is 10.0 Å². The highest BCUT2D eigenvalue weighted by atomic mass is 32.2. The number of amides is 1. The summed E-state index contributed by atoms with van der Waals surface area (Å²) in [5, 5.41) is 2.63. The van der Waals surface area contributed by atoms with Crippen molar-refractivity contribution in [3.05, 3.63) is 59.7 Å². The van der Waals surface area contributed by atoms with Crippen LogP contribution >= 0.6 is 0 Å². The number of halogens is 3. The van der Waals surface area contributed by atoms with Crippen LogP contribution in [-0.4, -0.2) is 33.1 Å². The summed E-state index contributed by atoms with van der Waals surface area (Å²) in [7, 11) is -3.73. The molecular weight excluding hydrogens is 433 g/mol. The van der Waals surface area contributed by atoms with Crippen molar-refractivity contribution in [1.29, 1.82) is 0 Å². The van der Waals surface area contributed by atoms with Crippen LogP contribution in [0, 0.1) is 0 Å². The highest BCUT2D eigenvalue weighted by Crippen LogP contribution is 2.21. The zero-order valence-electron chi connectivity index (χ0n) is 16.6.